The summed E-state index contributed by atoms with van der Waals surface area (Å²) in [5.41, 5.74) is 7.68. The molecule has 0 bridgehead atoms. The van der Waals surface area contributed by atoms with Crippen molar-refractivity contribution in [3.63, 3.8) is 0 Å². The highest BCUT2D eigenvalue weighted by molar-refractivity contribution is 6.31. The van der Waals surface area contributed by atoms with Crippen LogP contribution in [0.3, 0.4) is 0 Å². The Balaban J connectivity index is 2.72. The summed E-state index contributed by atoms with van der Waals surface area (Å²) < 4.78 is 1.96. The quantitative estimate of drug-likeness (QED) is 0.841. The number of rotatable bonds is 6. The third-order valence-corrected chi connectivity index (χ3v) is 3.53. The van der Waals surface area contributed by atoms with Crippen LogP contribution >= 0.6 is 11.6 Å². The number of nitrogens with two attached hydrogens (primary N) is 1. The molecule has 0 aromatic carbocycles. The van der Waals surface area contributed by atoms with E-state index in [-0.39, 0.29) is 6.04 Å². The first-order chi connectivity index (χ1) is 8.74. The molecule has 0 fully saturated rings. The molecule has 1 rings (SSSR count). The molecule has 19 heavy (non-hydrogen) atoms. The van der Waals surface area contributed by atoms with Crippen LogP contribution in [0.1, 0.15) is 65.6 Å². The van der Waals surface area contributed by atoms with E-state index in [1.807, 2.05) is 4.68 Å². The summed E-state index contributed by atoms with van der Waals surface area (Å²) in [6, 6.07) is -0.0288. The first-order valence-electron chi connectivity index (χ1n) is 7.21. The molecule has 3 nitrogen and oxygen atoms in total. The second-order valence-electron chi connectivity index (χ2n) is 6.81. The molecule has 0 amide bonds. The number of nitrogens with zero attached hydrogens (tertiary/aromatic N) is 2. The Hall–Kier alpha value is -0.540. The molecule has 1 aromatic heterocycles. The van der Waals surface area contributed by atoms with E-state index in [4.69, 9.17) is 17.3 Å². The molecule has 110 valence electrons. The standard InChI is InChI=1S/C15H28ClN3/c1-6-7-19-14(12(16)10-18-19)13(17)8-11(2)9-15(3,4)5/h10-11,13H,6-9,17H2,1-5H3. The topological polar surface area (TPSA) is 43.8 Å². The Labute approximate surface area is 122 Å². The summed E-state index contributed by atoms with van der Waals surface area (Å²) in [6.07, 6.45) is 4.86. The SMILES string of the molecule is CCCn1ncc(Cl)c1C(N)CC(C)CC(C)(C)C. The minimum absolute atomic E-state index is 0.0288. The maximum Gasteiger partial charge on any atom is 0.0834 e. The molecule has 0 aliphatic carbocycles. The van der Waals surface area contributed by atoms with Gasteiger partial charge in [0.1, 0.15) is 0 Å². The van der Waals surface area contributed by atoms with Crippen LogP contribution in [0.4, 0.5) is 0 Å². The highest BCUT2D eigenvalue weighted by Crippen LogP contribution is 2.31. The van der Waals surface area contributed by atoms with Gasteiger partial charge in [-0.3, -0.25) is 4.68 Å². The van der Waals surface area contributed by atoms with E-state index in [2.05, 4.69) is 39.7 Å². The van der Waals surface area contributed by atoms with Gasteiger partial charge in [-0.1, -0.05) is 46.2 Å². The van der Waals surface area contributed by atoms with Crippen molar-refractivity contribution in [3.05, 3.63) is 16.9 Å². The molecule has 0 saturated heterocycles. The van der Waals surface area contributed by atoms with Crippen LogP contribution in [0.2, 0.25) is 5.02 Å². The van der Waals surface area contributed by atoms with Gasteiger partial charge in [0.25, 0.3) is 0 Å². The summed E-state index contributed by atoms with van der Waals surface area (Å²) in [7, 11) is 0. The van der Waals surface area contributed by atoms with Crippen LogP contribution in [0, 0.1) is 11.3 Å². The monoisotopic (exact) mass is 285 g/mol. The predicted octanol–water partition coefficient (Wildman–Crippen LogP) is 4.41. The lowest BCUT2D eigenvalue weighted by Gasteiger charge is -2.25. The van der Waals surface area contributed by atoms with Gasteiger partial charge in [-0.15, -0.1) is 0 Å². The van der Waals surface area contributed by atoms with Gasteiger partial charge in [0.05, 0.1) is 16.9 Å². The lowest BCUT2D eigenvalue weighted by atomic mass is 9.82. The molecule has 0 radical (unpaired) electrons. The van der Waals surface area contributed by atoms with Crippen molar-refractivity contribution in [2.75, 3.05) is 0 Å². The Bertz CT molecular complexity index is 393. The van der Waals surface area contributed by atoms with Crippen molar-refractivity contribution in [1.82, 2.24) is 9.78 Å². The molecule has 0 saturated carbocycles. The van der Waals surface area contributed by atoms with Gasteiger partial charge >= 0.3 is 0 Å². The van der Waals surface area contributed by atoms with E-state index in [9.17, 15) is 0 Å². The summed E-state index contributed by atoms with van der Waals surface area (Å²) in [4.78, 5) is 0. The van der Waals surface area contributed by atoms with E-state index < -0.39 is 0 Å². The third-order valence-electron chi connectivity index (χ3n) is 3.24. The van der Waals surface area contributed by atoms with Crippen LogP contribution in [-0.4, -0.2) is 9.78 Å². The third kappa shape index (κ3) is 5.15. The molecular formula is C15H28ClN3. The van der Waals surface area contributed by atoms with Crippen molar-refractivity contribution in [3.8, 4) is 0 Å². The first kappa shape index (κ1) is 16.5. The zero-order valence-electron chi connectivity index (χ0n) is 12.9. The molecule has 4 heteroatoms. The predicted molar refractivity (Wildman–Crippen MR) is 82.3 cm³/mol. The van der Waals surface area contributed by atoms with Crippen molar-refractivity contribution in [2.45, 2.75) is 66.5 Å². The molecular weight excluding hydrogens is 258 g/mol. The molecule has 2 unspecified atom stereocenters. The van der Waals surface area contributed by atoms with Crippen LogP contribution in [0.5, 0.6) is 0 Å². The fourth-order valence-electron chi connectivity index (χ4n) is 2.80. The van der Waals surface area contributed by atoms with E-state index >= 15 is 0 Å². The van der Waals surface area contributed by atoms with Gasteiger partial charge in [-0.2, -0.15) is 5.10 Å². The van der Waals surface area contributed by atoms with E-state index in [1.165, 1.54) is 6.42 Å². The fourth-order valence-corrected chi connectivity index (χ4v) is 3.09. The minimum atomic E-state index is -0.0288. The zero-order chi connectivity index (χ0) is 14.6. The number of hydrogen-bond donors (Lipinski definition) is 1. The van der Waals surface area contributed by atoms with Gasteiger partial charge in [-0.25, -0.2) is 0 Å². The fraction of sp³-hybridized carbons (Fsp3) is 0.800. The van der Waals surface area contributed by atoms with Crippen LogP contribution in [0.15, 0.2) is 6.20 Å². The lowest BCUT2D eigenvalue weighted by molar-refractivity contribution is 0.283. The smallest absolute Gasteiger partial charge is 0.0834 e. The molecule has 0 aliphatic rings. The van der Waals surface area contributed by atoms with Gasteiger partial charge in [0.2, 0.25) is 0 Å². The summed E-state index contributed by atoms with van der Waals surface area (Å²) in [6.45, 7) is 12.1. The summed E-state index contributed by atoms with van der Waals surface area (Å²) >= 11 is 6.23. The highest BCUT2D eigenvalue weighted by atomic mass is 35.5. The Morgan fingerprint density at radius 3 is 2.58 bits per heavy atom. The number of aromatic nitrogens is 2. The molecule has 2 N–H and O–H groups in total. The largest absolute Gasteiger partial charge is 0.323 e. The average Bonchev–Trinajstić information content (AvgIpc) is 2.57. The summed E-state index contributed by atoms with van der Waals surface area (Å²) in [5.74, 6) is 0.580. The molecule has 0 spiro atoms. The zero-order valence-corrected chi connectivity index (χ0v) is 13.7. The lowest BCUT2D eigenvalue weighted by Crippen LogP contribution is -2.21. The van der Waals surface area contributed by atoms with Crippen molar-refractivity contribution in [1.29, 1.82) is 0 Å². The van der Waals surface area contributed by atoms with Crippen molar-refractivity contribution >= 4 is 11.6 Å². The first-order valence-corrected chi connectivity index (χ1v) is 7.59. The van der Waals surface area contributed by atoms with Gasteiger partial charge in [-0.05, 0) is 30.6 Å². The Morgan fingerprint density at radius 1 is 1.42 bits per heavy atom. The van der Waals surface area contributed by atoms with Crippen molar-refractivity contribution < 1.29 is 0 Å². The maximum atomic E-state index is 6.35. The molecule has 2 atom stereocenters. The second kappa shape index (κ2) is 6.76. The number of hydrogen-bond acceptors (Lipinski definition) is 2. The van der Waals surface area contributed by atoms with E-state index in [0.29, 0.717) is 16.4 Å². The van der Waals surface area contributed by atoms with Gasteiger partial charge < -0.3 is 5.73 Å². The van der Waals surface area contributed by atoms with Gasteiger partial charge in [0, 0.05) is 12.6 Å². The Morgan fingerprint density at radius 2 is 2.05 bits per heavy atom. The van der Waals surface area contributed by atoms with E-state index in [0.717, 1.165) is 25.1 Å². The molecule has 1 heterocycles. The number of aryl methyl sites for hydroxylation is 1. The normalized spacial score (nSPS) is 15.5. The second-order valence-corrected chi connectivity index (χ2v) is 7.22. The van der Waals surface area contributed by atoms with Crippen LogP contribution in [-0.2, 0) is 6.54 Å². The maximum absolute atomic E-state index is 6.35. The highest BCUT2D eigenvalue weighted by Gasteiger charge is 2.22. The van der Waals surface area contributed by atoms with Crippen molar-refractivity contribution in [2.24, 2.45) is 17.1 Å². The minimum Gasteiger partial charge on any atom is -0.323 e. The van der Waals surface area contributed by atoms with E-state index in [1.54, 1.807) is 6.20 Å². The van der Waals surface area contributed by atoms with Crippen LogP contribution < -0.4 is 5.73 Å². The average molecular weight is 286 g/mol. The van der Waals surface area contributed by atoms with Crippen LogP contribution in [0.25, 0.3) is 0 Å². The molecule has 1 aromatic rings. The summed E-state index contributed by atoms with van der Waals surface area (Å²) in [5, 5.41) is 5.01. The van der Waals surface area contributed by atoms with Gasteiger partial charge in [0.15, 0.2) is 0 Å². The Kier molecular flexibility index (Phi) is 5.87. The number of halogens is 1. The molecule has 0 aliphatic heterocycles.